The molecule has 1 aliphatic carbocycles. The molecule has 4 aromatic rings. The van der Waals surface area contributed by atoms with Crippen LogP contribution >= 0.6 is 11.3 Å². The van der Waals surface area contributed by atoms with Gasteiger partial charge in [0.25, 0.3) is 0 Å². The molecule has 1 aromatic heterocycles. The van der Waals surface area contributed by atoms with Crippen LogP contribution in [0.5, 0.6) is 0 Å². The molecule has 196 valence electrons. The Hall–Kier alpha value is -3.32. The van der Waals surface area contributed by atoms with E-state index in [1.54, 1.807) is 23.5 Å². The molecule has 6 heteroatoms. The molecule has 0 saturated heterocycles. The molecule has 1 saturated carbocycles. The van der Waals surface area contributed by atoms with Crippen molar-refractivity contribution in [2.45, 2.75) is 64.2 Å². The highest BCUT2D eigenvalue weighted by molar-refractivity contribution is 7.09. The van der Waals surface area contributed by atoms with Crippen LogP contribution < -0.4 is 10.6 Å². The minimum absolute atomic E-state index is 0.305. The van der Waals surface area contributed by atoms with E-state index in [9.17, 15) is 4.79 Å². The molecule has 0 amide bonds. The van der Waals surface area contributed by atoms with E-state index in [1.165, 1.54) is 48.8 Å². The summed E-state index contributed by atoms with van der Waals surface area (Å²) in [5.41, 5.74) is 7.58. The highest BCUT2D eigenvalue weighted by atomic mass is 32.1. The van der Waals surface area contributed by atoms with Crippen LogP contribution in [-0.4, -0.2) is 16.1 Å². The number of carbonyl (C=O) groups is 1. The summed E-state index contributed by atoms with van der Waals surface area (Å²) < 4.78 is 0. The van der Waals surface area contributed by atoms with E-state index in [0.29, 0.717) is 18.7 Å². The van der Waals surface area contributed by atoms with Crippen LogP contribution in [0.3, 0.4) is 0 Å². The number of nitrogens with zero attached hydrogens (tertiary/aromatic N) is 1. The van der Waals surface area contributed by atoms with Crippen molar-refractivity contribution in [1.29, 1.82) is 0 Å². The SMILES string of the molecule is O=C(O)c1ccc(CNCc2nc(-c3ccc(CNCc4ccc(C5CCCCC5)cc4)cc3)cs2)cc1. The first-order valence-corrected chi connectivity index (χ1v) is 14.4. The number of aromatic carboxylic acids is 1. The Labute approximate surface area is 229 Å². The fourth-order valence-electron chi connectivity index (χ4n) is 5.09. The Kier molecular flexibility index (Phi) is 8.97. The van der Waals surface area contributed by atoms with Crippen molar-refractivity contribution in [3.8, 4) is 11.3 Å². The lowest BCUT2D eigenvalue weighted by atomic mass is 9.84. The molecule has 0 unspecified atom stereocenters. The largest absolute Gasteiger partial charge is 0.478 e. The Morgan fingerprint density at radius 3 is 1.92 bits per heavy atom. The molecule has 0 radical (unpaired) electrons. The third-order valence-corrected chi connectivity index (χ3v) is 8.17. The maximum absolute atomic E-state index is 11.0. The van der Waals surface area contributed by atoms with Gasteiger partial charge in [0.15, 0.2) is 0 Å². The second-order valence-electron chi connectivity index (χ2n) is 10.1. The molecular weight excluding hydrogens is 490 g/mol. The molecule has 1 fully saturated rings. The minimum atomic E-state index is -0.904. The van der Waals surface area contributed by atoms with Gasteiger partial charge in [0.2, 0.25) is 0 Å². The molecule has 0 atom stereocenters. The Morgan fingerprint density at radius 2 is 1.32 bits per heavy atom. The molecule has 1 heterocycles. The fraction of sp³-hybridized carbons (Fsp3) is 0.312. The van der Waals surface area contributed by atoms with Gasteiger partial charge < -0.3 is 15.7 Å². The number of benzene rings is 3. The zero-order chi connectivity index (χ0) is 26.2. The average Bonchev–Trinajstić information content (AvgIpc) is 3.43. The summed E-state index contributed by atoms with van der Waals surface area (Å²) in [6.07, 6.45) is 6.85. The number of rotatable bonds is 11. The van der Waals surface area contributed by atoms with Crippen LogP contribution in [0.25, 0.3) is 11.3 Å². The number of aromatic nitrogens is 1. The molecule has 0 aliphatic heterocycles. The van der Waals surface area contributed by atoms with Crippen molar-refractivity contribution in [2.75, 3.05) is 0 Å². The van der Waals surface area contributed by atoms with E-state index < -0.39 is 5.97 Å². The van der Waals surface area contributed by atoms with Gasteiger partial charge in [-0.1, -0.05) is 79.9 Å². The molecule has 0 bridgehead atoms. The first-order chi connectivity index (χ1) is 18.6. The first kappa shape index (κ1) is 26.3. The van der Waals surface area contributed by atoms with E-state index in [2.05, 4.69) is 64.5 Å². The van der Waals surface area contributed by atoms with Gasteiger partial charge in [0.05, 0.1) is 11.3 Å². The predicted molar refractivity (Wildman–Crippen MR) is 154 cm³/mol. The van der Waals surface area contributed by atoms with Crippen LogP contribution in [0.15, 0.2) is 78.2 Å². The predicted octanol–water partition coefficient (Wildman–Crippen LogP) is 7.14. The molecular formula is C32H35N3O2S. The highest BCUT2D eigenvalue weighted by Gasteiger charge is 2.15. The van der Waals surface area contributed by atoms with Crippen molar-refractivity contribution >= 4 is 17.3 Å². The quantitative estimate of drug-likeness (QED) is 0.194. The smallest absolute Gasteiger partial charge is 0.335 e. The summed E-state index contributed by atoms with van der Waals surface area (Å²) in [6, 6.07) is 24.8. The van der Waals surface area contributed by atoms with E-state index in [4.69, 9.17) is 10.1 Å². The zero-order valence-electron chi connectivity index (χ0n) is 21.7. The van der Waals surface area contributed by atoms with E-state index in [-0.39, 0.29) is 0 Å². The van der Waals surface area contributed by atoms with Gasteiger partial charge in [-0.05, 0) is 53.1 Å². The van der Waals surface area contributed by atoms with Gasteiger partial charge in [0, 0.05) is 37.1 Å². The summed E-state index contributed by atoms with van der Waals surface area (Å²) in [4.78, 5) is 15.8. The maximum Gasteiger partial charge on any atom is 0.335 e. The van der Waals surface area contributed by atoms with Gasteiger partial charge in [-0.15, -0.1) is 11.3 Å². The Balaban J connectivity index is 1.06. The topological polar surface area (TPSA) is 74.2 Å². The normalized spacial score (nSPS) is 14.0. The average molecular weight is 526 g/mol. The van der Waals surface area contributed by atoms with Gasteiger partial charge in [-0.25, -0.2) is 9.78 Å². The lowest BCUT2D eigenvalue weighted by Crippen LogP contribution is -2.13. The van der Waals surface area contributed by atoms with Crippen LogP contribution in [0, 0.1) is 0 Å². The summed E-state index contributed by atoms with van der Waals surface area (Å²) in [5.74, 6) is -0.140. The minimum Gasteiger partial charge on any atom is -0.478 e. The number of nitrogens with one attached hydrogen (secondary N) is 2. The van der Waals surface area contributed by atoms with Gasteiger partial charge >= 0.3 is 5.97 Å². The number of hydrogen-bond acceptors (Lipinski definition) is 5. The first-order valence-electron chi connectivity index (χ1n) is 13.5. The molecule has 5 rings (SSSR count). The van der Waals surface area contributed by atoms with Gasteiger partial charge in [-0.2, -0.15) is 0 Å². The van der Waals surface area contributed by atoms with Crippen LogP contribution in [0.1, 0.15) is 75.6 Å². The van der Waals surface area contributed by atoms with Crippen molar-refractivity contribution in [3.05, 3.63) is 111 Å². The number of carboxylic acid groups (broad SMARTS) is 1. The van der Waals surface area contributed by atoms with Crippen LogP contribution in [0.2, 0.25) is 0 Å². The monoisotopic (exact) mass is 525 g/mol. The van der Waals surface area contributed by atoms with Gasteiger partial charge in [0.1, 0.15) is 5.01 Å². The summed E-state index contributed by atoms with van der Waals surface area (Å²) in [7, 11) is 0. The maximum atomic E-state index is 11.0. The third kappa shape index (κ3) is 7.16. The van der Waals surface area contributed by atoms with E-state index in [1.807, 2.05) is 12.1 Å². The second kappa shape index (κ2) is 13.0. The number of carboxylic acids is 1. The number of thiazole rings is 1. The second-order valence-corrected chi connectivity index (χ2v) is 11.1. The molecule has 5 nitrogen and oxygen atoms in total. The van der Waals surface area contributed by atoms with Crippen molar-refractivity contribution in [2.24, 2.45) is 0 Å². The standard InChI is InChI=1S/C32H35N3O2S/c36-32(37)29-16-10-25(11-17-29)20-34-21-31-35-30(22-38-31)28-14-8-24(9-15-28)19-33-18-23-6-12-27(13-7-23)26-4-2-1-3-5-26/h6-17,22,26,33-34H,1-5,18-21H2,(H,36,37). The lowest BCUT2D eigenvalue weighted by molar-refractivity contribution is 0.0697. The summed E-state index contributed by atoms with van der Waals surface area (Å²) in [5, 5.41) is 19.1. The molecule has 3 N–H and O–H groups in total. The Bertz CT molecular complexity index is 1310. The van der Waals surface area contributed by atoms with Crippen molar-refractivity contribution in [3.63, 3.8) is 0 Å². The third-order valence-electron chi connectivity index (χ3n) is 7.32. The highest BCUT2D eigenvalue weighted by Crippen LogP contribution is 2.32. The number of hydrogen-bond donors (Lipinski definition) is 3. The molecule has 3 aromatic carbocycles. The zero-order valence-corrected chi connectivity index (χ0v) is 22.5. The lowest BCUT2D eigenvalue weighted by Gasteiger charge is -2.22. The van der Waals surface area contributed by atoms with Crippen LogP contribution in [-0.2, 0) is 26.2 Å². The molecule has 38 heavy (non-hydrogen) atoms. The van der Waals surface area contributed by atoms with Crippen LogP contribution in [0.4, 0.5) is 0 Å². The fourth-order valence-corrected chi connectivity index (χ4v) is 5.86. The summed E-state index contributed by atoms with van der Waals surface area (Å²) >= 11 is 1.65. The van der Waals surface area contributed by atoms with Gasteiger partial charge in [-0.3, -0.25) is 0 Å². The van der Waals surface area contributed by atoms with E-state index >= 15 is 0 Å². The molecule has 1 aliphatic rings. The summed E-state index contributed by atoms with van der Waals surface area (Å²) in [6.45, 7) is 3.05. The van der Waals surface area contributed by atoms with E-state index in [0.717, 1.165) is 40.8 Å². The van der Waals surface area contributed by atoms with Crippen molar-refractivity contribution < 1.29 is 9.90 Å². The van der Waals surface area contributed by atoms with Crippen molar-refractivity contribution in [1.82, 2.24) is 15.6 Å². The Morgan fingerprint density at radius 1 is 0.763 bits per heavy atom. The molecule has 0 spiro atoms.